The smallest absolute Gasteiger partial charge is 0.407 e. The van der Waals surface area contributed by atoms with E-state index in [2.05, 4.69) is 20.6 Å². The third-order valence-electron chi connectivity index (χ3n) is 5.57. The Morgan fingerprint density at radius 1 is 1.14 bits per heavy atom. The molecule has 4 N–H and O–H groups in total. The molecule has 15 heteroatoms. The third kappa shape index (κ3) is 7.71. The second-order valence-corrected chi connectivity index (χ2v) is 10.1. The Bertz CT molecular complexity index is 1160. The van der Waals surface area contributed by atoms with Crippen molar-refractivity contribution in [1.82, 2.24) is 15.3 Å². The highest BCUT2D eigenvalue weighted by atomic mass is 32.2. The average Bonchev–Trinajstić information content (AvgIpc) is 2.75. The fraction of sp³-hybridized carbons (Fsp3) is 0.476. The summed E-state index contributed by atoms with van der Waals surface area (Å²) in [4.78, 5) is 19.2. The molecule has 1 heterocycles. The van der Waals surface area contributed by atoms with Crippen LogP contribution in [-0.4, -0.2) is 42.8 Å². The van der Waals surface area contributed by atoms with E-state index in [0.717, 1.165) is 5.56 Å². The number of benzene rings is 1. The number of anilines is 2. The number of hydrogen-bond donors (Lipinski definition) is 3. The van der Waals surface area contributed by atoms with Crippen LogP contribution in [0.5, 0.6) is 0 Å². The minimum Gasteiger partial charge on any atom is -0.446 e. The molecule has 0 spiro atoms. The topological polar surface area (TPSA) is 136 Å². The monoisotopic (exact) mass is 537 g/mol. The number of nitrogens with two attached hydrogens (primary N) is 1. The molecule has 1 aliphatic carbocycles. The summed E-state index contributed by atoms with van der Waals surface area (Å²) < 4.78 is 93.3. The summed E-state index contributed by atoms with van der Waals surface area (Å²) in [7, 11) is -4.29. The fourth-order valence-corrected chi connectivity index (χ4v) is 4.39. The second-order valence-electron chi connectivity index (χ2n) is 8.52. The van der Waals surface area contributed by atoms with Gasteiger partial charge in [-0.1, -0.05) is 0 Å². The Labute approximate surface area is 203 Å². The summed E-state index contributed by atoms with van der Waals surface area (Å²) in [5, 5.41) is 9.42. The number of carbonyl (C=O) groups excluding carboxylic acids is 1. The van der Waals surface area contributed by atoms with E-state index < -0.39 is 63.1 Å². The molecule has 0 bridgehead atoms. The first-order valence-corrected chi connectivity index (χ1v) is 12.4. The SMILES string of the molecule is C[C@@H](CC(F)(F)F)NC(=O)O[C@H]1CC[C@@H](c2cnc(Nc3c(F)cc(S(N)(=O)=O)cc3F)nc2)CC1. The van der Waals surface area contributed by atoms with Crippen LogP contribution >= 0.6 is 0 Å². The van der Waals surface area contributed by atoms with E-state index >= 15 is 0 Å². The number of alkyl carbamates (subject to hydrolysis) is 1. The zero-order chi connectivity index (χ0) is 26.7. The largest absolute Gasteiger partial charge is 0.446 e. The number of nitrogens with zero attached hydrogens (tertiary/aromatic N) is 2. The molecule has 2 aromatic rings. The molecule has 198 valence electrons. The molecule has 3 rings (SSSR count). The molecule has 1 amide bonds. The molecule has 1 fully saturated rings. The van der Waals surface area contributed by atoms with Gasteiger partial charge in [0.25, 0.3) is 0 Å². The number of rotatable bonds is 7. The second kappa shape index (κ2) is 10.9. The van der Waals surface area contributed by atoms with Crippen molar-refractivity contribution in [2.45, 2.75) is 68.2 Å². The van der Waals surface area contributed by atoms with E-state index in [1.807, 2.05) is 0 Å². The van der Waals surface area contributed by atoms with Gasteiger partial charge < -0.3 is 15.4 Å². The van der Waals surface area contributed by atoms with Crippen molar-refractivity contribution in [3.63, 3.8) is 0 Å². The highest BCUT2D eigenvalue weighted by Gasteiger charge is 2.31. The van der Waals surface area contributed by atoms with Gasteiger partial charge in [-0.25, -0.2) is 37.1 Å². The van der Waals surface area contributed by atoms with E-state index in [9.17, 15) is 35.2 Å². The molecule has 0 saturated heterocycles. The van der Waals surface area contributed by atoms with Gasteiger partial charge in [-0.15, -0.1) is 0 Å². The number of alkyl halides is 3. The van der Waals surface area contributed by atoms with E-state index in [1.54, 1.807) is 0 Å². The van der Waals surface area contributed by atoms with Crippen molar-refractivity contribution in [3.8, 4) is 0 Å². The van der Waals surface area contributed by atoms with Crippen LogP contribution in [0.3, 0.4) is 0 Å². The summed E-state index contributed by atoms with van der Waals surface area (Å²) in [5.41, 5.74) is 0.100. The van der Waals surface area contributed by atoms with Gasteiger partial charge >= 0.3 is 12.3 Å². The molecular formula is C21H24F5N5O4S. The zero-order valence-electron chi connectivity index (χ0n) is 19.0. The Morgan fingerprint density at radius 3 is 2.19 bits per heavy atom. The summed E-state index contributed by atoms with van der Waals surface area (Å²) in [5.74, 6) is -2.49. The predicted octanol–water partition coefficient (Wildman–Crippen LogP) is 4.24. The normalized spacial score (nSPS) is 19.4. The summed E-state index contributed by atoms with van der Waals surface area (Å²) in [6, 6.07) is 0.0476. The van der Waals surface area contributed by atoms with Gasteiger partial charge in [-0.3, -0.25) is 0 Å². The fourth-order valence-electron chi connectivity index (χ4n) is 3.86. The Hall–Kier alpha value is -3.07. The summed E-state index contributed by atoms with van der Waals surface area (Å²) >= 11 is 0. The maximum absolute atomic E-state index is 14.2. The molecule has 1 aliphatic rings. The summed E-state index contributed by atoms with van der Waals surface area (Å²) in [6.45, 7) is 1.24. The van der Waals surface area contributed by atoms with Crippen molar-refractivity contribution >= 4 is 27.8 Å². The van der Waals surface area contributed by atoms with Crippen molar-refractivity contribution in [1.29, 1.82) is 0 Å². The molecule has 1 aromatic carbocycles. The number of halogens is 5. The number of ether oxygens (including phenoxy) is 1. The maximum atomic E-state index is 14.2. The maximum Gasteiger partial charge on any atom is 0.407 e. The molecule has 9 nitrogen and oxygen atoms in total. The third-order valence-corrected chi connectivity index (χ3v) is 6.47. The van der Waals surface area contributed by atoms with Crippen molar-refractivity contribution in [3.05, 3.63) is 41.7 Å². The van der Waals surface area contributed by atoms with Crippen LogP contribution in [0.4, 0.5) is 38.4 Å². The molecule has 36 heavy (non-hydrogen) atoms. The molecule has 1 saturated carbocycles. The van der Waals surface area contributed by atoms with Gasteiger partial charge in [0.2, 0.25) is 16.0 Å². The van der Waals surface area contributed by atoms with Gasteiger partial charge in [0.15, 0.2) is 11.6 Å². The standard InChI is InChI=1S/C21H24F5N5O4S/c1-11(8-21(24,25)26)30-20(32)35-14-4-2-12(3-5-14)13-9-28-19(29-10-13)31-18-16(22)6-15(7-17(18)23)36(27,33)34/h6-7,9-12,14H,2-5,8H2,1H3,(H,30,32)(H2,27,33,34)(H,28,29,31)/t11-,12-,14+/m0/s1. The van der Waals surface area contributed by atoms with Crippen LogP contribution in [0.15, 0.2) is 29.4 Å². The highest BCUT2D eigenvalue weighted by molar-refractivity contribution is 7.89. The number of nitrogens with one attached hydrogen (secondary N) is 2. The van der Waals surface area contributed by atoms with E-state index in [4.69, 9.17) is 9.88 Å². The number of sulfonamides is 1. The van der Waals surface area contributed by atoms with Gasteiger partial charge in [-0.05, 0) is 56.2 Å². The quantitative estimate of drug-likeness (QED) is 0.450. The van der Waals surface area contributed by atoms with Gasteiger partial charge in [0.1, 0.15) is 11.8 Å². The van der Waals surface area contributed by atoms with Crippen LogP contribution in [-0.2, 0) is 14.8 Å². The van der Waals surface area contributed by atoms with Crippen LogP contribution < -0.4 is 15.8 Å². The zero-order valence-corrected chi connectivity index (χ0v) is 19.8. The average molecular weight is 538 g/mol. The highest BCUT2D eigenvalue weighted by Crippen LogP contribution is 2.34. The Kier molecular flexibility index (Phi) is 8.33. The summed E-state index contributed by atoms with van der Waals surface area (Å²) in [6.07, 6.45) is -1.76. The Morgan fingerprint density at radius 2 is 1.69 bits per heavy atom. The lowest BCUT2D eigenvalue weighted by atomic mass is 9.84. The first-order valence-electron chi connectivity index (χ1n) is 10.9. The molecular weight excluding hydrogens is 513 g/mol. The number of hydrogen-bond acceptors (Lipinski definition) is 7. The lowest BCUT2D eigenvalue weighted by Gasteiger charge is -2.28. The van der Waals surface area contributed by atoms with Crippen molar-refractivity contribution in [2.24, 2.45) is 5.14 Å². The predicted molar refractivity (Wildman–Crippen MR) is 118 cm³/mol. The molecule has 0 aliphatic heterocycles. The van der Waals surface area contributed by atoms with Gasteiger partial charge in [0.05, 0.1) is 11.3 Å². The van der Waals surface area contributed by atoms with Crippen molar-refractivity contribution < 1.29 is 39.9 Å². The first-order chi connectivity index (χ1) is 16.7. The minimum absolute atomic E-state index is 0.0219. The van der Waals surface area contributed by atoms with Crippen LogP contribution in [0.1, 0.15) is 50.5 Å². The van der Waals surface area contributed by atoms with Crippen LogP contribution in [0.2, 0.25) is 0 Å². The lowest BCUT2D eigenvalue weighted by molar-refractivity contribution is -0.138. The molecule has 1 aromatic heterocycles. The first kappa shape index (κ1) is 27.5. The van der Waals surface area contributed by atoms with E-state index in [1.165, 1.54) is 19.3 Å². The van der Waals surface area contributed by atoms with E-state index in [0.29, 0.717) is 37.8 Å². The van der Waals surface area contributed by atoms with Crippen LogP contribution in [0.25, 0.3) is 0 Å². The molecule has 0 unspecified atom stereocenters. The number of amides is 1. The Balaban J connectivity index is 1.53. The number of primary sulfonamides is 1. The lowest BCUT2D eigenvalue weighted by Crippen LogP contribution is -2.38. The van der Waals surface area contributed by atoms with Crippen molar-refractivity contribution in [2.75, 3.05) is 5.32 Å². The molecule has 0 radical (unpaired) electrons. The van der Waals surface area contributed by atoms with E-state index in [-0.39, 0.29) is 11.9 Å². The van der Waals surface area contributed by atoms with Gasteiger partial charge in [-0.2, -0.15) is 13.2 Å². The minimum atomic E-state index is -4.39. The number of aromatic nitrogens is 2. The molecule has 1 atom stereocenters. The number of carbonyl (C=O) groups is 1. The van der Waals surface area contributed by atoms with Crippen LogP contribution in [0, 0.1) is 11.6 Å². The van der Waals surface area contributed by atoms with Gasteiger partial charge in [0, 0.05) is 18.4 Å².